The van der Waals surface area contributed by atoms with E-state index in [2.05, 4.69) is 17.6 Å². The van der Waals surface area contributed by atoms with E-state index in [9.17, 15) is 9.59 Å². The summed E-state index contributed by atoms with van der Waals surface area (Å²) >= 11 is 0. The number of esters is 1. The fourth-order valence-corrected chi connectivity index (χ4v) is 1.45. The Morgan fingerprint density at radius 1 is 0.952 bits per heavy atom. The first-order valence-electron chi connectivity index (χ1n) is 7.66. The van der Waals surface area contributed by atoms with E-state index in [1.807, 2.05) is 0 Å². The molecule has 0 saturated carbocycles. The molecule has 0 radical (unpaired) electrons. The lowest BCUT2D eigenvalue weighted by Gasteiger charge is -2.16. The predicted octanol–water partition coefficient (Wildman–Crippen LogP) is 2.43. The molecule has 0 heterocycles. The van der Waals surface area contributed by atoms with E-state index in [-0.39, 0.29) is 6.79 Å². The highest BCUT2D eigenvalue weighted by molar-refractivity contribution is 5.75. The highest BCUT2D eigenvalue weighted by Crippen LogP contribution is 2.14. The van der Waals surface area contributed by atoms with Gasteiger partial charge < -0.3 is 20.1 Å². The molecule has 0 aliphatic rings. The Morgan fingerprint density at radius 3 is 2.24 bits per heavy atom. The van der Waals surface area contributed by atoms with E-state index in [1.165, 1.54) is 0 Å². The van der Waals surface area contributed by atoms with Gasteiger partial charge in [0.2, 0.25) is 6.79 Å². The van der Waals surface area contributed by atoms with Crippen LogP contribution in [-0.2, 0) is 14.3 Å². The molecule has 0 bridgehead atoms. The molecular formula is C15H30N2O4. The number of rotatable bonds is 10. The summed E-state index contributed by atoms with van der Waals surface area (Å²) in [5.41, 5.74) is -0.592. The summed E-state index contributed by atoms with van der Waals surface area (Å²) in [5.74, 6) is -0.394. The summed E-state index contributed by atoms with van der Waals surface area (Å²) in [6, 6.07) is 0. The fraction of sp³-hybridized carbons (Fsp3) is 0.867. The van der Waals surface area contributed by atoms with Crippen LogP contribution in [0.15, 0.2) is 0 Å². The molecule has 0 fully saturated rings. The van der Waals surface area contributed by atoms with Crippen LogP contribution in [0.4, 0.5) is 4.79 Å². The van der Waals surface area contributed by atoms with E-state index in [0.717, 1.165) is 38.8 Å². The zero-order chi connectivity index (χ0) is 16.1. The summed E-state index contributed by atoms with van der Waals surface area (Å²) in [5, 5.41) is 5.95. The number of ether oxygens (including phenoxy) is 2. The van der Waals surface area contributed by atoms with Gasteiger partial charge in [-0.25, -0.2) is 4.79 Å². The molecule has 21 heavy (non-hydrogen) atoms. The van der Waals surface area contributed by atoms with Gasteiger partial charge in [0.05, 0.1) is 5.41 Å². The van der Waals surface area contributed by atoms with Crippen molar-refractivity contribution in [1.29, 1.82) is 0 Å². The van der Waals surface area contributed by atoms with Crippen LogP contribution in [-0.4, -0.2) is 38.5 Å². The van der Waals surface area contributed by atoms with Crippen LogP contribution in [0.1, 0.15) is 53.4 Å². The summed E-state index contributed by atoms with van der Waals surface area (Å²) in [7, 11) is 0. The molecule has 0 aliphatic carbocycles. The summed E-state index contributed by atoms with van der Waals surface area (Å²) < 4.78 is 9.59. The third-order valence-electron chi connectivity index (χ3n) is 2.72. The highest BCUT2D eigenvalue weighted by Gasteiger charge is 2.23. The monoisotopic (exact) mass is 302 g/mol. The molecule has 0 aromatic heterocycles. The number of carbonyl (C=O) groups is 2. The zero-order valence-electron chi connectivity index (χ0n) is 13.8. The number of nitrogens with one attached hydrogen (secondary N) is 2. The molecule has 0 spiro atoms. The van der Waals surface area contributed by atoms with Crippen molar-refractivity contribution in [2.75, 3.05) is 26.4 Å². The van der Waals surface area contributed by atoms with Gasteiger partial charge in [-0.1, -0.05) is 13.3 Å². The SMILES string of the molecule is CCCNCCCCCNC(=O)OCOC(=O)C(C)(C)C. The molecule has 1 amide bonds. The van der Waals surface area contributed by atoms with Crippen LogP contribution in [0.3, 0.4) is 0 Å². The van der Waals surface area contributed by atoms with Crippen molar-refractivity contribution in [3.8, 4) is 0 Å². The number of amides is 1. The fourth-order valence-electron chi connectivity index (χ4n) is 1.45. The third-order valence-corrected chi connectivity index (χ3v) is 2.72. The second-order valence-corrected chi connectivity index (χ2v) is 5.97. The van der Waals surface area contributed by atoms with Crippen molar-refractivity contribution in [1.82, 2.24) is 10.6 Å². The first-order chi connectivity index (χ1) is 9.88. The molecule has 6 heteroatoms. The summed E-state index contributed by atoms with van der Waals surface area (Å²) in [6.07, 6.45) is 3.65. The largest absolute Gasteiger partial charge is 0.427 e. The van der Waals surface area contributed by atoms with E-state index >= 15 is 0 Å². The van der Waals surface area contributed by atoms with Crippen LogP contribution < -0.4 is 10.6 Å². The molecule has 0 aliphatic heterocycles. The highest BCUT2D eigenvalue weighted by atomic mass is 16.7. The van der Waals surface area contributed by atoms with Crippen molar-refractivity contribution in [3.05, 3.63) is 0 Å². The standard InChI is InChI=1S/C15H30N2O4/c1-5-9-16-10-7-6-8-11-17-14(19)21-12-20-13(18)15(2,3)4/h16H,5-12H2,1-4H3,(H,17,19). The Hall–Kier alpha value is -1.30. The molecule has 0 atom stereocenters. The number of hydrogen-bond donors (Lipinski definition) is 2. The Balaban J connectivity index is 3.41. The molecule has 0 aromatic carbocycles. The second-order valence-electron chi connectivity index (χ2n) is 5.97. The van der Waals surface area contributed by atoms with Crippen LogP contribution in [0, 0.1) is 5.41 Å². The van der Waals surface area contributed by atoms with Gasteiger partial charge in [0.15, 0.2) is 0 Å². The van der Waals surface area contributed by atoms with Gasteiger partial charge in [-0.3, -0.25) is 4.79 Å². The molecule has 2 N–H and O–H groups in total. The molecular weight excluding hydrogens is 272 g/mol. The molecule has 0 saturated heterocycles. The lowest BCUT2D eigenvalue weighted by Crippen LogP contribution is -2.29. The van der Waals surface area contributed by atoms with Crippen molar-refractivity contribution in [2.24, 2.45) is 5.41 Å². The van der Waals surface area contributed by atoms with Gasteiger partial charge in [0, 0.05) is 6.54 Å². The van der Waals surface area contributed by atoms with Gasteiger partial charge in [-0.15, -0.1) is 0 Å². The number of alkyl carbamates (subject to hydrolysis) is 1. The van der Waals surface area contributed by atoms with E-state index < -0.39 is 17.5 Å². The minimum absolute atomic E-state index is 0.344. The van der Waals surface area contributed by atoms with Crippen molar-refractivity contribution in [2.45, 2.75) is 53.4 Å². The number of unbranched alkanes of at least 4 members (excludes halogenated alkanes) is 2. The minimum Gasteiger partial charge on any atom is -0.427 e. The number of hydrogen-bond acceptors (Lipinski definition) is 5. The topological polar surface area (TPSA) is 76.7 Å². The quantitative estimate of drug-likeness (QED) is 0.368. The average Bonchev–Trinajstić information content (AvgIpc) is 2.40. The Bertz CT molecular complexity index is 301. The molecule has 0 unspecified atom stereocenters. The van der Waals surface area contributed by atoms with Gasteiger partial charge in [-0.05, 0) is 53.1 Å². The molecule has 124 valence electrons. The van der Waals surface area contributed by atoms with E-state index in [1.54, 1.807) is 20.8 Å². The predicted molar refractivity (Wildman–Crippen MR) is 81.9 cm³/mol. The van der Waals surface area contributed by atoms with Crippen LogP contribution in [0.2, 0.25) is 0 Å². The van der Waals surface area contributed by atoms with Gasteiger partial charge in [-0.2, -0.15) is 0 Å². The van der Waals surface area contributed by atoms with Crippen LogP contribution in [0.25, 0.3) is 0 Å². The van der Waals surface area contributed by atoms with Crippen LogP contribution in [0.5, 0.6) is 0 Å². The second kappa shape index (κ2) is 11.4. The minimum atomic E-state index is -0.592. The Labute approximate surface area is 127 Å². The molecule has 0 aromatic rings. The lowest BCUT2D eigenvalue weighted by molar-refractivity contribution is -0.161. The smallest absolute Gasteiger partial charge is 0.410 e. The Kier molecular flexibility index (Phi) is 10.7. The summed E-state index contributed by atoms with van der Waals surface area (Å²) in [6.45, 7) is 9.66. The first kappa shape index (κ1) is 19.7. The van der Waals surface area contributed by atoms with Gasteiger partial charge in [0.1, 0.15) is 0 Å². The lowest BCUT2D eigenvalue weighted by atomic mass is 9.98. The zero-order valence-corrected chi connectivity index (χ0v) is 13.8. The summed E-state index contributed by atoms with van der Waals surface area (Å²) in [4.78, 5) is 22.7. The van der Waals surface area contributed by atoms with E-state index in [0.29, 0.717) is 6.54 Å². The van der Waals surface area contributed by atoms with E-state index in [4.69, 9.17) is 9.47 Å². The maximum atomic E-state index is 11.4. The average molecular weight is 302 g/mol. The molecule has 6 nitrogen and oxygen atoms in total. The Morgan fingerprint density at radius 2 is 1.62 bits per heavy atom. The number of carbonyl (C=O) groups excluding carboxylic acids is 2. The van der Waals surface area contributed by atoms with Gasteiger partial charge in [0.25, 0.3) is 0 Å². The maximum absolute atomic E-state index is 11.4. The molecule has 0 rings (SSSR count). The first-order valence-corrected chi connectivity index (χ1v) is 7.66. The van der Waals surface area contributed by atoms with Crippen LogP contribution >= 0.6 is 0 Å². The normalized spacial score (nSPS) is 11.0. The van der Waals surface area contributed by atoms with Crippen molar-refractivity contribution >= 4 is 12.1 Å². The maximum Gasteiger partial charge on any atom is 0.410 e. The third kappa shape index (κ3) is 12.2. The van der Waals surface area contributed by atoms with Crippen molar-refractivity contribution < 1.29 is 19.1 Å². The van der Waals surface area contributed by atoms with Gasteiger partial charge >= 0.3 is 12.1 Å². The van der Waals surface area contributed by atoms with Crippen molar-refractivity contribution in [3.63, 3.8) is 0 Å².